The average molecular weight is 74.1 g/mol. The highest BCUT2D eigenvalue weighted by Gasteiger charge is 1.67. The van der Waals surface area contributed by atoms with E-state index in [-0.39, 0.29) is 0 Å². The second-order valence-electron chi connectivity index (χ2n) is 0.848. The maximum atomic E-state index is 6.10. The van der Waals surface area contributed by atoms with Crippen molar-refractivity contribution in [2.24, 2.45) is 0 Å². The number of hydrogen-bond acceptors (Lipinski definition) is 1. The molecule has 0 aromatic rings. The molecule has 1 N–H and O–H groups in total. The lowest BCUT2D eigenvalue weighted by Crippen LogP contribution is -1.84. The number of hydrogen-bond donors (Lipinski definition) is 0. The summed E-state index contributed by atoms with van der Waals surface area (Å²) >= 11 is 0. The Morgan fingerprint density at radius 1 is 1.80 bits per heavy atom. The van der Waals surface area contributed by atoms with Gasteiger partial charge < -0.3 is 0 Å². The van der Waals surface area contributed by atoms with Crippen LogP contribution in [-0.2, 0) is 4.84 Å². The summed E-state index contributed by atoms with van der Waals surface area (Å²) in [5, 5.41) is 0. The minimum Gasteiger partial charge on any atom is -0.285 e. The molecule has 2 nitrogen and oxygen atoms in total. The van der Waals surface area contributed by atoms with Gasteiger partial charge in [-0.25, -0.2) is 0 Å². The van der Waals surface area contributed by atoms with Gasteiger partial charge in [-0.1, -0.05) is 6.92 Å². The van der Waals surface area contributed by atoms with Crippen LogP contribution in [0.25, 0.3) is 0 Å². The van der Waals surface area contributed by atoms with Crippen LogP contribution in [0.5, 0.6) is 0 Å². The highest BCUT2D eigenvalue weighted by Crippen LogP contribution is 1.69. The third kappa shape index (κ3) is 3.92. The fourth-order valence-electron chi connectivity index (χ4n) is 0.102. The highest BCUT2D eigenvalue weighted by molar-refractivity contribution is 4.13. The van der Waals surface area contributed by atoms with Crippen molar-refractivity contribution in [3.63, 3.8) is 0 Å². The van der Waals surface area contributed by atoms with E-state index in [0.717, 1.165) is 6.42 Å². The van der Waals surface area contributed by atoms with Gasteiger partial charge in [-0.2, -0.15) is 0 Å². The molecular weight excluding hydrogens is 66.0 g/mol. The van der Waals surface area contributed by atoms with Crippen LogP contribution < -0.4 is 5.90 Å². The van der Waals surface area contributed by atoms with Crippen LogP contribution >= 0.6 is 0 Å². The smallest absolute Gasteiger partial charge is 0.0696 e. The van der Waals surface area contributed by atoms with E-state index in [0.29, 0.717) is 6.61 Å². The molecule has 2 heteroatoms. The molecule has 0 amide bonds. The molecule has 0 aliphatic heterocycles. The van der Waals surface area contributed by atoms with Crippen LogP contribution in [0.15, 0.2) is 0 Å². The zero-order chi connectivity index (χ0) is 4.12. The second kappa shape index (κ2) is 3.92. The molecule has 0 aliphatic carbocycles. The van der Waals surface area contributed by atoms with Gasteiger partial charge in [0, 0.05) is 0 Å². The Morgan fingerprint density at radius 2 is 2.40 bits per heavy atom. The molecule has 0 aromatic carbocycles. The molecule has 0 heterocycles. The van der Waals surface area contributed by atoms with E-state index in [1.54, 1.807) is 0 Å². The maximum Gasteiger partial charge on any atom is 0.0696 e. The van der Waals surface area contributed by atoms with Crippen LogP contribution in [-0.4, -0.2) is 6.61 Å². The van der Waals surface area contributed by atoms with Gasteiger partial charge in [0.1, 0.15) is 0 Å². The van der Waals surface area contributed by atoms with Crippen molar-refractivity contribution in [1.29, 1.82) is 0 Å². The summed E-state index contributed by atoms with van der Waals surface area (Å²) in [5.74, 6) is 6.10. The van der Waals surface area contributed by atoms with E-state index >= 15 is 0 Å². The van der Waals surface area contributed by atoms with Gasteiger partial charge in [-0.3, -0.25) is 4.84 Å². The van der Waals surface area contributed by atoms with E-state index in [1.807, 2.05) is 6.92 Å². The molecule has 0 unspecified atom stereocenters. The van der Waals surface area contributed by atoms with E-state index < -0.39 is 0 Å². The summed E-state index contributed by atoms with van der Waals surface area (Å²) in [6.45, 7) is 2.52. The third-order valence-corrected chi connectivity index (χ3v) is 0.306. The summed E-state index contributed by atoms with van der Waals surface area (Å²) in [6, 6.07) is 0. The summed E-state index contributed by atoms with van der Waals surface area (Å²) in [7, 11) is 0. The maximum absolute atomic E-state index is 6.10. The minimum atomic E-state index is 0.556. The predicted molar refractivity (Wildman–Crippen MR) is 19.3 cm³/mol. The number of rotatable bonds is 2. The Labute approximate surface area is 31.9 Å². The van der Waals surface area contributed by atoms with Gasteiger partial charge in [0.05, 0.1) is 6.61 Å². The fraction of sp³-hybridized carbons (Fsp3) is 1.00. The zero-order valence-electron chi connectivity index (χ0n) is 3.32. The van der Waals surface area contributed by atoms with Crippen molar-refractivity contribution < 1.29 is 4.84 Å². The lowest BCUT2D eigenvalue weighted by Gasteiger charge is -1.81. The Morgan fingerprint density at radius 3 is 2.40 bits per heavy atom. The molecule has 0 aliphatic rings. The normalized spacial score (nSPS) is 8.40. The predicted octanol–water partition coefficient (Wildman–Crippen LogP) is 0.611. The largest absolute Gasteiger partial charge is 0.285 e. The number of nitrogens with one attached hydrogen (secondary N) is 1. The first-order valence-corrected chi connectivity index (χ1v) is 1.70. The molecule has 0 saturated carbocycles. The van der Waals surface area contributed by atoms with Gasteiger partial charge in [-0.15, -0.1) is 5.90 Å². The molecule has 1 radical (unpaired) electrons. The van der Waals surface area contributed by atoms with Crippen LogP contribution in [0.2, 0.25) is 0 Å². The standard InChI is InChI=1S/C3H8NO/c1-2-3-5-4/h4H,2-3H2,1H3. The van der Waals surface area contributed by atoms with E-state index in [9.17, 15) is 0 Å². The molecule has 5 heavy (non-hydrogen) atoms. The first-order chi connectivity index (χ1) is 2.41. The van der Waals surface area contributed by atoms with Crippen molar-refractivity contribution >= 4 is 0 Å². The van der Waals surface area contributed by atoms with Crippen molar-refractivity contribution in [3.8, 4) is 0 Å². The van der Waals surface area contributed by atoms with Crippen molar-refractivity contribution in [2.75, 3.05) is 6.61 Å². The Bertz CT molecular complexity index is 14.4. The van der Waals surface area contributed by atoms with Crippen molar-refractivity contribution in [3.05, 3.63) is 0 Å². The zero-order valence-corrected chi connectivity index (χ0v) is 3.32. The molecule has 0 fully saturated rings. The molecule has 0 aromatic heterocycles. The highest BCUT2D eigenvalue weighted by atomic mass is 16.6. The SMILES string of the molecule is CCCO[NH]. The second-order valence-corrected chi connectivity index (χ2v) is 0.848. The summed E-state index contributed by atoms with van der Waals surface area (Å²) in [6.07, 6.45) is 0.934. The van der Waals surface area contributed by atoms with E-state index in [4.69, 9.17) is 5.90 Å². The summed E-state index contributed by atoms with van der Waals surface area (Å²) < 4.78 is 0. The van der Waals surface area contributed by atoms with Gasteiger partial charge in [-0.05, 0) is 6.42 Å². The minimum absolute atomic E-state index is 0.556. The van der Waals surface area contributed by atoms with Crippen LogP contribution in [0, 0.1) is 0 Å². The Balaban J connectivity index is 2.19. The van der Waals surface area contributed by atoms with E-state index in [2.05, 4.69) is 4.84 Å². The van der Waals surface area contributed by atoms with E-state index in [1.165, 1.54) is 0 Å². The first kappa shape index (κ1) is 4.92. The topological polar surface area (TPSA) is 33.0 Å². The quantitative estimate of drug-likeness (QED) is 0.442. The van der Waals surface area contributed by atoms with Gasteiger partial charge in [0.25, 0.3) is 0 Å². The lowest BCUT2D eigenvalue weighted by atomic mass is 10.5. The van der Waals surface area contributed by atoms with Crippen LogP contribution in [0.4, 0.5) is 0 Å². The molecular formula is C3H8NO. The van der Waals surface area contributed by atoms with Gasteiger partial charge >= 0.3 is 0 Å². The first-order valence-electron chi connectivity index (χ1n) is 1.70. The molecule has 0 spiro atoms. The molecule has 0 rings (SSSR count). The van der Waals surface area contributed by atoms with Crippen molar-refractivity contribution in [2.45, 2.75) is 13.3 Å². The average Bonchev–Trinajstić information content (AvgIpc) is 1.41. The molecule has 0 atom stereocenters. The summed E-state index contributed by atoms with van der Waals surface area (Å²) in [5.41, 5.74) is 0. The fourth-order valence-corrected chi connectivity index (χ4v) is 0.102. The third-order valence-electron chi connectivity index (χ3n) is 0.306. The summed E-state index contributed by atoms with van der Waals surface area (Å²) in [4.78, 5) is 3.94. The molecule has 0 saturated heterocycles. The molecule has 31 valence electrons. The Kier molecular flexibility index (Phi) is 3.86. The van der Waals surface area contributed by atoms with Crippen LogP contribution in [0.3, 0.4) is 0 Å². The molecule has 0 bridgehead atoms. The lowest BCUT2D eigenvalue weighted by molar-refractivity contribution is 0.119. The van der Waals surface area contributed by atoms with Crippen LogP contribution in [0.1, 0.15) is 13.3 Å². The van der Waals surface area contributed by atoms with Gasteiger partial charge in [0.2, 0.25) is 0 Å². The van der Waals surface area contributed by atoms with Crippen molar-refractivity contribution in [1.82, 2.24) is 5.90 Å². The monoisotopic (exact) mass is 74.1 g/mol. The Hall–Kier alpha value is -0.0800. The van der Waals surface area contributed by atoms with Gasteiger partial charge in [0.15, 0.2) is 0 Å².